The Morgan fingerprint density at radius 2 is 1.09 bits per heavy atom. The molecule has 76 heavy (non-hydrogen) atoms. The Balaban J connectivity index is 1.17. The summed E-state index contributed by atoms with van der Waals surface area (Å²) in [7, 11) is 0. The van der Waals surface area contributed by atoms with Crippen molar-refractivity contribution >= 4 is 111 Å². The van der Waals surface area contributed by atoms with Crippen molar-refractivity contribution in [3.05, 3.63) is 173 Å². The summed E-state index contributed by atoms with van der Waals surface area (Å²) in [5, 5.41) is 5.95. The van der Waals surface area contributed by atoms with Gasteiger partial charge in [0.05, 0.1) is 11.4 Å². The lowest BCUT2D eigenvalue weighted by atomic mass is 9.45. The largest absolute Gasteiger partial charge is 0.466 e. The molecule has 0 spiro atoms. The Hall–Kier alpha value is -7.02. The summed E-state index contributed by atoms with van der Waals surface area (Å²) in [5.41, 5.74) is 21.8. The van der Waals surface area contributed by atoms with E-state index in [1.165, 1.54) is 83.0 Å². The van der Waals surface area contributed by atoms with E-state index in [0.717, 1.165) is 72.6 Å². The lowest BCUT2D eigenvalue weighted by Crippen LogP contribution is -2.61. The molecule has 0 saturated heterocycles. The Morgan fingerprint density at radius 1 is 0.487 bits per heavy atom. The van der Waals surface area contributed by atoms with Gasteiger partial charge in [-0.1, -0.05) is 163 Å². The van der Waals surface area contributed by atoms with E-state index in [9.17, 15) is 0 Å². The second kappa shape index (κ2) is 15.8. The molecule has 3 aliphatic rings. The Morgan fingerprint density at radius 3 is 1.80 bits per heavy atom. The van der Waals surface area contributed by atoms with Crippen molar-refractivity contribution < 1.29 is 8.83 Å². The number of thiophene rings is 1. The molecule has 11 aromatic rings. The second-order valence-electron chi connectivity index (χ2n) is 26.8. The van der Waals surface area contributed by atoms with Gasteiger partial charge in [-0.3, -0.25) is 0 Å². The molecule has 1 aliphatic carbocycles. The molecule has 0 N–H and O–H groups in total. The lowest BCUT2D eigenvalue weighted by Gasteiger charge is -2.44. The summed E-state index contributed by atoms with van der Waals surface area (Å²) < 4.78 is 17.6. The fourth-order valence-electron chi connectivity index (χ4n) is 13.2. The first-order chi connectivity index (χ1) is 36.0. The van der Waals surface area contributed by atoms with Crippen LogP contribution in [-0.2, 0) is 27.1 Å². The van der Waals surface area contributed by atoms with E-state index >= 15 is 0 Å². The van der Waals surface area contributed by atoms with E-state index in [4.69, 9.17) is 8.83 Å². The van der Waals surface area contributed by atoms with Gasteiger partial charge >= 0.3 is 6.85 Å². The summed E-state index contributed by atoms with van der Waals surface area (Å²) in [5.74, 6) is 0. The van der Waals surface area contributed by atoms with Crippen LogP contribution in [0.15, 0.2) is 154 Å². The van der Waals surface area contributed by atoms with Crippen molar-refractivity contribution in [3.63, 3.8) is 0 Å². The second-order valence-corrected chi connectivity index (χ2v) is 27.9. The van der Waals surface area contributed by atoms with Gasteiger partial charge < -0.3 is 18.5 Å². The number of benzene rings is 8. The van der Waals surface area contributed by atoms with E-state index in [-0.39, 0.29) is 33.9 Å². The van der Waals surface area contributed by atoms with Crippen LogP contribution in [-0.4, -0.2) is 6.85 Å². The first-order valence-corrected chi connectivity index (χ1v) is 28.4. The molecule has 14 rings (SSSR count). The number of furan rings is 2. The van der Waals surface area contributed by atoms with Gasteiger partial charge in [0.2, 0.25) is 0 Å². The van der Waals surface area contributed by atoms with E-state index in [0.29, 0.717) is 0 Å². The minimum absolute atomic E-state index is 0.0163. The third-order valence-corrected chi connectivity index (χ3v) is 18.9. The van der Waals surface area contributed by atoms with Crippen molar-refractivity contribution in [2.24, 2.45) is 0 Å². The maximum atomic E-state index is 7.62. The van der Waals surface area contributed by atoms with Crippen LogP contribution < -0.4 is 20.8 Å². The van der Waals surface area contributed by atoms with Gasteiger partial charge in [0.15, 0.2) is 0 Å². The zero-order valence-electron chi connectivity index (χ0n) is 46.5. The highest BCUT2D eigenvalue weighted by molar-refractivity contribution is 7.26. The number of para-hydroxylation sites is 1. The smallest absolute Gasteiger partial charge is 0.376 e. The standard InChI is InChI=1S/C70H67BN2O2S/c1-66(2,3)41-23-27-44(28-24-41)73-55-39-60-47(48-36-52-53(38-59(48)76-60)70(12,13)32-31-69(52,10)11)35-50(55)61-62-56(37-49-45-21-17-18-22-57(45)74-64(49)61)72(54-29-25-42(67(4,5)6)33-46(54)40-19-15-14-16-20-40)63-51-34-43(68(7,8)9)26-30-58(51)75-65(63)71(62)73/h14-30,33-39H,31-32H2,1-13H3. The number of fused-ring (bicyclic) bond motifs is 14. The Bertz CT molecular complexity index is 4240. The highest BCUT2D eigenvalue weighted by Crippen LogP contribution is 2.56. The molecule has 0 radical (unpaired) electrons. The molecule has 4 nitrogen and oxygen atoms in total. The highest BCUT2D eigenvalue weighted by Gasteiger charge is 2.50. The predicted molar refractivity (Wildman–Crippen MR) is 327 cm³/mol. The summed E-state index contributed by atoms with van der Waals surface area (Å²) in [4.78, 5) is 5.20. The first kappa shape index (κ1) is 47.4. The molecule has 3 aromatic heterocycles. The third kappa shape index (κ3) is 6.94. The van der Waals surface area contributed by atoms with Crippen LogP contribution in [0, 0.1) is 0 Å². The van der Waals surface area contributed by atoms with Crippen LogP contribution in [0.2, 0.25) is 0 Å². The lowest BCUT2D eigenvalue weighted by molar-refractivity contribution is 0.332. The minimum Gasteiger partial charge on any atom is -0.466 e. The number of hydrogen-bond acceptors (Lipinski definition) is 5. The normalized spacial score (nSPS) is 16.0. The highest BCUT2D eigenvalue weighted by atomic mass is 32.1. The van der Waals surface area contributed by atoms with Gasteiger partial charge in [-0.05, 0) is 152 Å². The number of anilines is 5. The maximum absolute atomic E-state index is 7.62. The predicted octanol–water partition coefficient (Wildman–Crippen LogP) is 19.3. The van der Waals surface area contributed by atoms with Crippen molar-refractivity contribution in [1.82, 2.24) is 0 Å². The maximum Gasteiger partial charge on any atom is 0.376 e. The molecule has 5 heterocycles. The molecular formula is C70H67BN2O2S. The van der Waals surface area contributed by atoms with Crippen LogP contribution >= 0.6 is 11.3 Å². The van der Waals surface area contributed by atoms with Crippen molar-refractivity contribution in [3.8, 4) is 22.3 Å². The van der Waals surface area contributed by atoms with Crippen LogP contribution in [0.3, 0.4) is 0 Å². The van der Waals surface area contributed by atoms with Gasteiger partial charge in [-0.15, -0.1) is 11.3 Å². The molecule has 0 bridgehead atoms. The molecule has 2 aliphatic heterocycles. The minimum atomic E-state index is -0.359. The average Bonchev–Trinajstić information content (AvgIpc) is 4.17. The molecule has 0 saturated carbocycles. The van der Waals surface area contributed by atoms with Gasteiger partial charge in [0.1, 0.15) is 22.4 Å². The van der Waals surface area contributed by atoms with Crippen LogP contribution in [0.4, 0.5) is 28.4 Å². The van der Waals surface area contributed by atoms with Gasteiger partial charge in [0, 0.05) is 70.1 Å². The van der Waals surface area contributed by atoms with Crippen LogP contribution in [0.5, 0.6) is 0 Å². The van der Waals surface area contributed by atoms with E-state index < -0.39 is 0 Å². The Labute approximate surface area is 452 Å². The molecule has 378 valence electrons. The molecule has 8 aromatic carbocycles. The van der Waals surface area contributed by atoms with Crippen LogP contribution in [0.25, 0.3) is 75.3 Å². The zero-order valence-corrected chi connectivity index (χ0v) is 47.3. The van der Waals surface area contributed by atoms with Gasteiger partial charge in [-0.25, -0.2) is 0 Å². The molecule has 0 unspecified atom stereocenters. The number of hydrogen-bond donors (Lipinski definition) is 0. The van der Waals surface area contributed by atoms with E-state index in [1.807, 2.05) is 11.3 Å². The summed E-state index contributed by atoms with van der Waals surface area (Å²) in [6.45, 7) is 30.2. The van der Waals surface area contributed by atoms with E-state index in [1.54, 1.807) is 0 Å². The summed E-state index contributed by atoms with van der Waals surface area (Å²) >= 11 is 1.94. The third-order valence-electron chi connectivity index (χ3n) is 17.8. The Kier molecular flexibility index (Phi) is 9.86. The van der Waals surface area contributed by atoms with Gasteiger partial charge in [-0.2, -0.15) is 0 Å². The van der Waals surface area contributed by atoms with Crippen molar-refractivity contribution in [1.29, 1.82) is 0 Å². The molecule has 0 amide bonds. The average molecular weight is 1010 g/mol. The molecule has 0 atom stereocenters. The first-order valence-electron chi connectivity index (χ1n) is 27.6. The molecule has 0 fully saturated rings. The molecule has 6 heteroatoms. The van der Waals surface area contributed by atoms with Gasteiger partial charge in [0.25, 0.3) is 0 Å². The number of nitrogens with zero attached hydrogens (tertiary/aromatic N) is 2. The summed E-state index contributed by atoms with van der Waals surface area (Å²) in [6, 6.07) is 55.7. The SMILES string of the molecule is CC(C)(C)c1ccc(N2B3c4oc5ccc(C(C)(C)C)cc5c4N(c4ccc(C(C)(C)C)cc4-c4ccccc4)c4cc5c(oc6ccccc65)c(c43)-c3cc4c(cc32)sc2cc3c(cc24)C(C)(C)CCC3(C)C)cc1. The monoisotopic (exact) mass is 1010 g/mol. The fraction of sp³-hybridized carbons (Fsp3) is 0.286. The van der Waals surface area contributed by atoms with Crippen molar-refractivity contribution in [2.75, 3.05) is 9.71 Å². The fourth-order valence-corrected chi connectivity index (χ4v) is 14.3. The quantitative estimate of drug-likeness (QED) is 0.165. The zero-order chi connectivity index (χ0) is 52.7. The summed E-state index contributed by atoms with van der Waals surface area (Å²) in [6.07, 6.45) is 2.35. The topological polar surface area (TPSA) is 32.8 Å². The van der Waals surface area contributed by atoms with Crippen molar-refractivity contribution in [2.45, 2.75) is 130 Å². The number of rotatable bonds is 3. The molecular weight excluding hydrogens is 944 g/mol. The van der Waals surface area contributed by atoms with Crippen LogP contribution in [0.1, 0.15) is 131 Å². The van der Waals surface area contributed by atoms with E-state index in [2.05, 4.69) is 245 Å².